The molecule has 3 nitrogen and oxygen atoms in total. The molecule has 1 aromatic rings. The van der Waals surface area contributed by atoms with E-state index in [0.29, 0.717) is 37.7 Å². The highest BCUT2D eigenvalue weighted by atomic mass is 19.4. The first-order valence-electron chi connectivity index (χ1n) is 9.96. The third-order valence-corrected chi connectivity index (χ3v) is 4.54. The molecule has 0 N–H and O–H groups in total. The summed E-state index contributed by atoms with van der Waals surface area (Å²) in [6, 6.07) is 2.61. The van der Waals surface area contributed by atoms with Gasteiger partial charge in [-0.25, -0.2) is 13.8 Å². The molecule has 0 saturated heterocycles. The van der Waals surface area contributed by atoms with Crippen LogP contribution in [-0.2, 0) is 16.8 Å². The molecule has 2 atom stereocenters. The van der Waals surface area contributed by atoms with Gasteiger partial charge in [-0.3, -0.25) is 0 Å². The summed E-state index contributed by atoms with van der Waals surface area (Å²) in [5, 5.41) is 0. The Hall–Kier alpha value is -2.22. The molecule has 0 spiro atoms. The quantitative estimate of drug-likeness (QED) is 0.181. The maximum Gasteiger partial charge on any atom is 0.416 e. The highest BCUT2D eigenvalue weighted by Gasteiger charge is 2.35. The van der Waals surface area contributed by atoms with Crippen molar-refractivity contribution in [2.24, 2.45) is 4.99 Å². The van der Waals surface area contributed by atoms with Crippen molar-refractivity contribution >= 4 is 5.90 Å². The Balaban J connectivity index is 2.88. The van der Waals surface area contributed by atoms with Gasteiger partial charge in [-0.2, -0.15) is 13.2 Å². The van der Waals surface area contributed by atoms with E-state index in [1.807, 2.05) is 24.8 Å². The number of rotatable bonds is 9. The van der Waals surface area contributed by atoms with E-state index < -0.39 is 29.1 Å². The zero-order valence-electron chi connectivity index (χ0n) is 18.9. The van der Waals surface area contributed by atoms with E-state index in [0.717, 1.165) is 12.1 Å². The number of allylic oxidation sites excluding steroid dienone is 2. The minimum atomic E-state index is -4.70. The zero-order valence-corrected chi connectivity index (χ0v) is 18.9. The van der Waals surface area contributed by atoms with Crippen LogP contribution in [0.2, 0.25) is 0 Å². The minimum absolute atomic E-state index is 0.215. The molecule has 31 heavy (non-hydrogen) atoms. The van der Waals surface area contributed by atoms with Crippen LogP contribution in [0.3, 0.4) is 0 Å². The number of hydrogen-bond acceptors (Lipinski definition) is 3. The normalized spacial score (nSPS) is 15.4. The lowest BCUT2D eigenvalue weighted by molar-refractivity contribution is -0.137. The van der Waals surface area contributed by atoms with Crippen LogP contribution in [0.1, 0.15) is 57.2 Å². The van der Waals surface area contributed by atoms with Gasteiger partial charge < -0.3 is 9.64 Å². The van der Waals surface area contributed by atoms with E-state index in [-0.39, 0.29) is 11.7 Å². The molecule has 1 aromatic carbocycles. The highest BCUT2D eigenvalue weighted by Crippen LogP contribution is 2.37. The summed E-state index contributed by atoms with van der Waals surface area (Å²) in [5.74, 6) is -3.31. The van der Waals surface area contributed by atoms with Crippen molar-refractivity contribution in [3.63, 3.8) is 0 Å². The summed E-state index contributed by atoms with van der Waals surface area (Å²) in [4.78, 5) is 6.09. The average Bonchev–Trinajstić information content (AvgIpc) is 2.59. The molecule has 0 amide bonds. The summed E-state index contributed by atoms with van der Waals surface area (Å²) in [6.45, 7) is 12.3. The lowest BCUT2D eigenvalue weighted by Gasteiger charge is -2.26. The summed E-state index contributed by atoms with van der Waals surface area (Å²) < 4.78 is 72.8. The number of aliphatic imine (C=N–C) groups is 1. The second-order valence-electron chi connectivity index (χ2n) is 7.90. The largest absolute Gasteiger partial charge is 0.477 e. The number of benzene rings is 1. The number of likely N-dealkylation sites (N-methyl/N-ethyl adjacent to an activating group) is 1. The van der Waals surface area contributed by atoms with E-state index in [9.17, 15) is 22.0 Å². The number of ether oxygens (including phenoxy) is 1. The fourth-order valence-electron chi connectivity index (χ4n) is 3.23. The van der Waals surface area contributed by atoms with Crippen molar-refractivity contribution in [1.82, 2.24) is 4.90 Å². The molecule has 8 heteroatoms. The molecule has 174 valence electrons. The predicted molar refractivity (Wildman–Crippen MR) is 115 cm³/mol. The predicted octanol–water partition coefficient (Wildman–Crippen LogP) is 6.77. The van der Waals surface area contributed by atoms with Crippen molar-refractivity contribution in [2.45, 2.75) is 58.7 Å². The maximum absolute atomic E-state index is 13.7. The van der Waals surface area contributed by atoms with Gasteiger partial charge in [-0.05, 0) is 56.7 Å². The van der Waals surface area contributed by atoms with Crippen molar-refractivity contribution in [3.05, 3.63) is 59.3 Å². The van der Waals surface area contributed by atoms with E-state index in [1.165, 1.54) is 0 Å². The molecule has 0 aliphatic rings. The summed E-state index contributed by atoms with van der Waals surface area (Å²) >= 11 is 0. The third kappa shape index (κ3) is 9.21. The van der Waals surface area contributed by atoms with Crippen molar-refractivity contribution in [1.29, 1.82) is 0 Å². The number of nitrogens with zero attached hydrogens (tertiary/aromatic N) is 2. The first-order chi connectivity index (χ1) is 14.1. The molecule has 0 fully saturated rings. The molecular weight excluding hydrogens is 415 g/mol. The van der Waals surface area contributed by atoms with Crippen molar-refractivity contribution in [3.8, 4) is 0 Å². The van der Waals surface area contributed by atoms with Gasteiger partial charge in [0, 0.05) is 32.5 Å². The summed E-state index contributed by atoms with van der Waals surface area (Å²) in [7, 11) is 1.80. The first kappa shape index (κ1) is 26.8. The monoisotopic (exact) mass is 446 g/mol. The average molecular weight is 447 g/mol. The Kier molecular flexibility index (Phi) is 9.42. The van der Waals surface area contributed by atoms with Crippen LogP contribution in [0.4, 0.5) is 22.0 Å². The molecule has 0 radical (unpaired) electrons. The Labute approximate surface area is 181 Å². The van der Waals surface area contributed by atoms with E-state index >= 15 is 0 Å². The lowest BCUT2D eigenvalue weighted by atomic mass is 9.94. The Morgan fingerprint density at radius 2 is 1.71 bits per heavy atom. The van der Waals surface area contributed by atoms with Crippen LogP contribution in [0.25, 0.3) is 0 Å². The van der Waals surface area contributed by atoms with Gasteiger partial charge in [0.2, 0.25) is 0 Å². The smallest absolute Gasteiger partial charge is 0.416 e. The second-order valence-corrected chi connectivity index (χ2v) is 7.90. The van der Waals surface area contributed by atoms with Gasteiger partial charge >= 0.3 is 6.18 Å². The zero-order chi connectivity index (χ0) is 24.0. The second kappa shape index (κ2) is 10.9. The molecular formula is C23H31F5N2O. The fraction of sp³-hybridized carbons (Fsp3) is 0.522. The van der Waals surface area contributed by atoms with Gasteiger partial charge in [-0.1, -0.05) is 19.6 Å². The first-order valence-corrected chi connectivity index (χ1v) is 9.96. The molecule has 0 aliphatic carbocycles. The van der Waals surface area contributed by atoms with Crippen LogP contribution in [0.15, 0.2) is 47.6 Å². The lowest BCUT2D eigenvalue weighted by Crippen LogP contribution is -2.33. The fourth-order valence-corrected chi connectivity index (χ4v) is 3.23. The Bertz CT molecular complexity index is 777. The van der Waals surface area contributed by atoms with Crippen molar-refractivity contribution in [2.75, 3.05) is 20.1 Å². The van der Waals surface area contributed by atoms with Gasteiger partial charge in [0.1, 0.15) is 6.10 Å². The Morgan fingerprint density at radius 3 is 2.23 bits per heavy atom. The number of hydrogen-bond donors (Lipinski definition) is 0. The van der Waals surface area contributed by atoms with Gasteiger partial charge in [-0.15, -0.1) is 0 Å². The molecule has 0 aromatic heterocycles. The van der Waals surface area contributed by atoms with Crippen molar-refractivity contribution < 1.29 is 26.7 Å². The van der Waals surface area contributed by atoms with E-state index in [4.69, 9.17) is 4.74 Å². The van der Waals surface area contributed by atoms with Crippen LogP contribution < -0.4 is 0 Å². The van der Waals surface area contributed by atoms with Gasteiger partial charge in [0.25, 0.3) is 5.92 Å². The minimum Gasteiger partial charge on any atom is -0.477 e. The maximum atomic E-state index is 13.7. The SMILES string of the molecule is C=C(/C=C\C)N=C(C)OC(C)CN(C)CC(C)c1cc(C(C)(F)F)cc(C(F)(F)F)c1. The van der Waals surface area contributed by atoms with Gasteiger partial charge in [0.15, 0.2) is 5.90 Å². The number of alkyl halides is 5. The Morgan fingerprint density at radius 1 is 1.13 bits per heavy atom. The third-order valence-electron chi connectivity index (χ3n) is 4.54. The number of halogens is 5. The van der Waals surface area contributed by atoms with Crippen LogP contribution in [-0.4, -0.2) is 37.0 Å². The molecule has 0 heterocycles. The topological polar surface area (TPSA) is 24.8 Å². The molecule has 0 saturated carbocycles. The van der Waals surface area contributed by atoms with E-state index in [2.05, 4.69) is 11.6 Å². The molecule has 0 bridgehead atoms. The molecule has 0 aliphatic heterocycles. The summed E-state index contributed by atoms with van der Waals surface area (Å²) in [5.41, 5.74) is -0.938. The summed E-state index contributed by atoms with van der Waals surface area (Å²) in [6.07, 6.45) is -1.38. The van der Waals surface area contributed by atoms with Crippen LogP contribution >= 0.6 is 0 Å². The highest BCUT2D eigenvalue weighted by molar-refractivity contribution is 5.74. The van der Waals surface area contributed by atoms with Crippen LogP contribution in [0.5, 0.6) is 0 Å². The standard InChI is InChI=1S/C23H31F5N2O/c1-8-9-16(3)29-18(5)31-17(4)14-30(7)13-15(2)19-10-20(22(6,24)25)12-21(11-19)23(26,27)28/h8-12,15,17H,3,13-14H2,1-2,4-7H3/b9-8-,29-18?. The molecule has 1 rings (SSSR count). The van der Waals surface area contributed by atoms with Crippen LogP contribution in [0, 0.1) is 0 Å². The van der Waals surface area contributed by atoms with E-state index in [1.54, 1.807) is 27.0 Å². The van der Waals surface area contributed by atoms with Gasteiger partial charge in [0.05, 0.1) is 11.3 Å². The molecule has 2 unspecified atom stereocenters.